The number of nitrogens with zero attached hydrogens (tertiary/aromatic N) is 4. The molecule has 0 unspecified atom stereocenters. The van der Waals surface area contributed by atoms with Crippen LogP contribution in [0.1, 0.15) is 17.9 Å². The maximum absolute atomic E-state index is 13.0. The molecular weight excluding hydrogens is 335 g/mol. The van der Waals surface area contributed by atoms with Crippen LogP contribution in [-0.4, -0.2) is 39.5 Å². The summed E-state index contributed by atoms with van der Waals surface area (Å²) in [5.74, 6) is 0.470. The van der Waals surface area contributed by atoms with Crippen molar-refractivity contribution in [3.8, 4) is 11.4 Å². The van der Waals surface area contributed by atoms with E-state index in [1.165, 1.54) is 12.1 Å². The lowest BCUT2D eigenvalue weighted by Gasteiger charge is -2.16. The highest BCUT2D eigenvalue weighted by Crippen LogP contribution is 2.16. The molecule has 7 heteroatoms. The summed E-state index contributed by atoms with van der Waals surface area (Å²) in [7, 11) is 1.78. The zero-order valence-corrected chi connectivity index (χ0v) is 14.4. The fourth-order valence-corrected chi connectivity index (χ4v) is 2.45. The lowest BCUT2D eigenvalue weighted by atomic mass is 10.2. The molecule has 0 bridgehead atoms. The molecule has 1 amide bonds. The first-order valence-corrected chi connectivity index (χ1v) is 8.33. The van der Waals surface area contributed by atoms with E-state index < -0.39 is 0 Å². The van der Waals surface area contributed by atoms with Crippen LogP contribution in [0.5, 0.6) is 0 Å². The molecule has 0 fully saturated rings. The molecular formula is C19H19FN4O2. The maximum atomic E-state index is 13.0. The largest absolute Gasteiger partial charge is 0.345 e. The smallest absolute Gasteiger partial charge is 0.227 e. The van der Waals surface area contributed by atoms with Crippen molar-refractivity contribution in [2.24, 2.45) is 0 Å². The van der Waals surface area contributed by atoms with Crippen molar-refractivity contribution < 1.29 is 13.7 Å². The molecule has 0 N–H and O–H groups in total. The average Bonchev–Trinajstić information content (AvgIpc) is 3.14. The van der Waals surface area contributed by atoms with E-state index in [4.69, 9.17) is 4.52 Å². The van der Waals surface area contributed by atoms with Crippen LogP contribution in [0.25, 0.3) is 11.4 Å². The number of halogens is 1. The molecule has 3 rings (SSSR count). The minimum atomic E-state index is -0.321. The Kier molecular flexibility index (Phi) is 5.68. The number of aromatic nitrogens is 3. The Hall–Kier alpha value is -3.09. The molecule has 0 spiro atoms. The predicted molar refractivity (Wildman–Crippen MR) is 93.6 cm³/mol. The van der Waals surface area contributed by atoms with Crippen LogP contribution in [0, 0.1) is 5.82 Å². The molecule has 2 aromatic heterocycles. The van der Waals surface area contributed by atoms with Gasteiger partial charge in [0, 0.05) is 44.4 Å². The van der Waals surface area contributed by atoms with Gasteiger partial charge in [0.1, 0.15) is 5.82 Å². The molecule has 3 aromatic rings. The Morgan fingerprint density at radius 1 is 1.12 bits per heavy atom. The van der Waals surface area contributed by atoms with E-state index in [1.54, 1.807) is 36.5 Å². The number of carbonyl (C=O) groups excluding carboxylic acids is 1. The average molecular weight is 354 g/mol. The lowest BCUT2D eigenvalue weighted by molar-refractivity contribution is -0.129. The van der Waals surface area contributed by atoms with Crippen molar-refractivity contribution in [1.29, 1.82) is 0 Å². The maximum Gasteiger partial charge on any atom is 0.227 e. The number of rotatable bonds is 7. The lowest BCUT2D eigenvalue weighted by Crippen LogP contribution is -2.29. The summed E-state index contributed by atoms with van der Waals surface area (Å²) in [5, 5.41) is 3.88. The van der Waals surface area contributed by atoms with E-state index in [-0.39, 0.29) is 18.1 Å². The summed E-state index contributed by atoms with van der Waals surface area (Å²) in [6.45, 7) is 0.632. The monoisotopic (exact) mass is 354 g/mol. The van der Waals surface area contributed by atoms with Crippen LogP contribution < -0.4 is 0 Å². The van der Waals surface area contributed by atoms with E-state index in [0.29, 0.717) is 30.2 Å². The second-order valence-electron chi connectivity index (χ2n) is 5.94. The summed E-state index contributed by atoms with van der Waals surface area (Å²) in [6, 6.07) is 9.73. The predicted octanol–water partition coefficient (Wildman–Crippen LogP) is 2.90. The molecule has 0 aliphatic carbocycles. The zero-order chi connectivity index (χ0) is 18.4. The summed E-state index contributed by atoms with van der Waals surface area (Å²) in [4.78, 5) is 22.2. The molecule has 0 saturated heterocycles. The highest BCUT2D eigenvalue weighted by Gasteiger charge is 2.13. The van der Waals surface area contributed by atoms with Crippen LogP contribution in [0.4, 0.5) is 4.39 Å². The second kappa shape index (κ2) is 8.33. The van der Waals surface area contributed by atoms with Crippen LogP contribution in [0.2, 0.25) is 0 Å². The van der Waals surface area contributed by atoms with E-state index in [2.05, 4.69) is 15.1 Å². The van der Waals surface area contributed by atoms with Crippen LogP contribution >= 0.6 is 0 Å². The van der Waals surface area contributed by atoms with Gasteiger partial charge in [0.15, 0.2) is 0 Å². The Bertz CT molecular complexity index is 849. The second-order valence-corrected chi connectivity index (χ2v) is 5.94. The molecule has 134 valence electrons. The van der Waals surface area contributed by atoms with E-state index in [9.17, 15) is 9.18 Å². The molecule has 0 atom stereocenters. The van der Waals surface area contributed by atoms with Gasteiger partial charge in [0.25, 0.3) is 0 Å². The Morgan fingerprint density at radius 3 is 2.58 bits per heavy atom. The minimum absolute atomic E-state index is 0.0144. The summed E-state index contributed by atoms with van der Waals surface area (Å²) < 4.78 is 18.1. The Balaban J connectivity index is 1.49. The molecule has 26 heavy (non-hydrogen) atoms. The third-order valence-corrected chi connectivity index (χ3v) is 4.03. The van der Waals surface area contributed by atoms with Gasteiger partial charge < -0.3 is 9.42 Å². The molecule has 0 aliphatic heterocycles. The van der Waals surface area contributed by atoms with E-state index in [0.717, 1.165) is 12.0 Å². The SMILES string of the molecule is CN(CCc1ccncc1)C(=O)CCc1nc(-c2ccc(F)cc2)no1. The van der Waals surface area contributed by atoms with Gasteiger partial charge >= 0.3 is 0 Å². The summed E-state index contributed by atoms with van der Waals surface area (Å²) >= 11 is 0. The van der Waals surface area contributed by atoms with Crippen LogP contribution in [0.15, 0.2) is 53.3 Å². The number of likely N-dealkylation sites (N-methyl/N-ethyl adjacent to an activating group) is 1. The zero-order valence-electron chi connectivity index (χ0n) is 14.4. The first-order chi connectivity index (χ1) is 12.6. The van der Waals surface area contributed by atoms with Gasteiger partial charge in [-0.3, -0.25) is 9.78 Å². The third-order valence-electron chi connectivity index (χ3n) is 4.03. The number of aryl methyl sites for hydroxylation is 1. The topological polar surface area (TPSA) is 72.1 Å². The van der Waals surface area contributed by atoms with Crippen molar-refractivity contribution >= 4 is 5.91 Å². The first kappa shape index (κ1) is 17.7. The summed E-state index contributed by atoms with van der Waals surface area (Å²) in [6.07, 6.45) is 4.92. The molecule has 2 heterocycles. The molecule has 0 aliphatic rings. The quantitative estimate of drug-likeness (QED) is 0.652. The van der Waals surface area contributed by atoms with Gasteiger partial charge in [0.2, 0.25) is 17.6 Å². The first-order valence-electron chi connectivity index (χ1n) is 8.33. The standard InChI is InChI=1S/C19H19FN4O2/c1-24(13-10-14-8-11-21-12-9-14)18(25)7-6-17-22-19(23-26-17)15-2-4-16(20)5-3-15/h2-5,8-9,11-12H,6-7,10,13H2,1H3. The van der Waals surface area contributed by atoms with Gasteiger partial charge in [0.05, 0.1) is 0 Å². The van der Waals surface area contributed by atoms with Gasteiger partial charge in [-0.05, 0) is 48.4 Å². The number of hydrogen-bond acceptors (Lipinski definition) is 5. The molecule has 0 saturated carbocycles. The van der Waals surface area contributed by atoms with Crippen molar-refractivity contribution in [3.05, 3.63) is 66.1 Å². The summed E-state index contributed by atoms with van der Waals surface area (Å²) in [5.41, 5.74) is 1.81. The van der Waals surface area contributed by atoms with Crippen molar-refractivity contribution in [1.82, 2.24) is 20.0 Å². The fourth-order valence-electron chi connectivity index (χ4n) is 2.45. The number of amides is 1. The number of pyridine rings is 1. The number of carbonyl (C=O) groups is 1. The third kappa shape index (κ3) is 4.72. The van der Waals surface area contributed by atoms with Crippen LogP contribution in [0.3, 0.4) is 0 Å². The Morgan fingerprint density at radius 2 is 1.85 bits per heavy atom. The van der Waals surface area contributed by atoms with Gasteiger partial charge in [-0.25, -0.2) is 4.39 Å². The van der Waals surface area contributed by atoms with Crippen molar-refractivity contribution in [2.75, 3.05) is 13.6 Å². The number of hydrogen-bond donors (Lipinski definition) is 0. The normalized spacial score (nSPS) is 10.7. The van der Waals surface area contributed by atoms with Gasteiger partial charge in [-0.1, -0.05) is 5.16 Å². The van der Waals surface area contributed by atoms with Crippen molar-refractivity contribution in [2.45, 2.75) is 19.3 Å². The van der Waals surface area contributed by atoms with E-state index >= 15 is 0 Å². The number of benzene rings is 1. The van der Waals surface area contributed by atoms with Gasteiger partial charge in [-0.15, -0.1) is 0 Å². The van der Waals surface area contributed by atoms with Crippen molar-refractivity contribution in [3.63, 3.8) is 0 Å². The molecule has 6 nitrogen and oxygen atoms in total. The highest BCUT2D eigenvalue weighted by molar-refractivity contribution is 5.76. The Labute approximate surface area is 150 Å². The molecule has 0 radical (unpaired) electrons. The van der Waals surface area contributed by atoms with Gasteiger partial charge in [-0.2, -0.15) is 4.98 Å². The van der Waals surface area contributed by atoms with E-state index in [1.807, 2.05) is 12.1 Å². The highest BCUT2D eigenvalue weighted by atomic mass is 19.1. The fraction of sp³-hybridized carbons (Fsp3) is 0.263. The molecule has 1 aromatic carbocycles. The minimum Gasteiger partial charge on any atom is -0.345 e. The van der Waals surface area contributed by atoms with Crippen LogP contribution in [-0.2, 0) is 17.6 Å².